The third-order valence-electron chi connectivity index (χ3n) is 3.98. The van der Waals surface area contributed by atoms with Crippen molar-refractivity contribution in [1.82, 2.24) is 0 Å². The van der Waals surface area contributed by atoms with Crippen molar-refractivity contribution in [3.8, 4) is 5.75 Å². The molecule has 0 saturated heterocycles. The zero-order chi connectivity index (χ0) is 20.6. The van der Waals surface area contributed by atoms with Crippen molar-refractivity contribution in [3.63, 3.8) is 0 Å². The number of fused-ring (bicyclic) bond motifs is 1. The van der Waals surface area contributed by atoms with Gasteiger partial charge in [0.1, 0.15) is 10.6 Å². The summed E-state index contributed by atoms with van der Waals surface area (Å²) in [6.45, 7) is 1.55. The monoisotopic (exact) mass is 556 g/mol. The van der Waals surface area contributed by atoms with Gasteiger partial charge in [-0.25, -0.2) is 0 Å². The SMILES string of the molecule is Cc1cc(S(=O)(=O)O)c(N=Nc2cc(C(=O)[O-])c([O-])c3ccccc23)cc1Cl.[Ba+2]. The topological polar surface area (TPSA) is 142 Å². The Hall–Kier alpha value is -1.44. The van der Waals surface area contributed by atoms with Crippen LogP contribution < -0.4 is 10.2 Å². The molecule has 0 heterocycles. The smallest absolute Gasteiger partial charge is 0.872 e. The number of halogens is 1. The van der Waals surface area contributed by atoms with E-state index in [9.17, 15) is 28.0 Å². The first-order valence-corrected chi connectivity index (χ1v) is 9.55. The Bertz CT molecular complexity index is 1260. The summed E-state index contributed by atoms with van der Waals surface area (Å²) in [6.07, 6.45) is 0. The second kappa shape index (κ2) is 9.15. The van der Waals surface area contributed by atoms with Crippen molar-refractivity contribution in [1.29, 1.82) is 0 Å². The van der Waals surface area contributed by atoms with Crippen LogP contribution in [0.1, 0.15) is 15.9 Å². The second-order valence-corrected chi connectivity index (χ2v) is 7.65. The first-order chi connectivity index (χ1) is 13.1. The number of rotatable bonds is 4. The van der Waals surface area contributed by atoms with Gasteiger partial charge in [-0.1, -0.05) is 41.6 Å². The average molecular weight is 556 g/mol. The van der Waals surface area contributed by atoms with E-state index in [2.05, 4.69) is 10.2 Å². The Morgan fingerprint density at radius 3 is 2.24 bits per heavy atom. The quantitative estimate of drug-likeness (QED) is 0.298. The van der Waals surface area contributed by atoms with Crippen molar-refractivity contribution < 1.29 is 28.0 Å². The number of aromatic carboxylic acids is 1. The van der Waals surface area contributed by atoms with Crippen LogP contribution in [0.4, 0.5) is 11.4 Å². The number of azo groups is 1. The molecule has 3 aromatic rings. The predicted molar refractivity (Wildman–Crippen MR) is 104 cm³/mol. The largest absolute Gasteiger partial charge is 2.00 e. The summed E-state index contributed by atoms with van der Waals surface area (Å²) in [5.74, 6) is -2.41. The minimum atomic E-state index is -4.61. The molecule has 3 rings (SSSR count). The molecule has 0 spiro atoms. The van der Waals surface area contributed by atoms with Gasteiger partial charge in [0.2, 0.25) is 0 Å². The number of aryl methyl sites for hydroxylation is 1. The van der Waals surface area contributed by atoms with E-state index in [1.54, 1.807) is 19.1 Å². The van der Waals surface area contributed by atoms with Crippen LogP contribution in [0.15, 0.2) is 57.6 Å². The summed E-state index contributed by atoms with van der Waals surface area (Å²) in [5, 5.41) is 31.8. The molecule has 0 saturated carbocycles. The van der Waals surface area contributed by atoms with Crippen molar-refractivity contribution >= 4 is 98.7 Å². The van der Waals surface area contributed by atoms with E-state index in [0.717, 1.165) is 12.1 Å². The van der Waals surface area contributed by atoms with Gasteiger partial charge in [0.05, 0.1) is 11.7 Å². The van der Waals surface area contributed by atoms with Gasteiger partial charge >= 0.3 is 48.9 Å². The average Bonchev–Trinajstić information content (AvgIpc) is 2.62. The summed E-state index contributed by atoms with van der Waals surface area (Å²) >= 11 is 5.99. The molecule has 0 bridgehead atoms. The summed E-state index contributed by atoms with van der Waals surface area (Å²) in [5.41, 5.74) is -0.450. The molecule has 3 aromatic carbocycles. The number of benzene rings is 3. The van der Waals surface area contributed by atoms with Gasteiger partial charge in [0.25, 0.3) is 10.1 Å². The summed E-state index contributed by atoms with van der Waals surface area (Å²) in [6, 6.07) is 9.47. The minimum Gasteiger partial charge on any atom is -0.872 e. The van der Waals surface area contributed by atoms with Crippen molar-refractivity contribution in [2.45, 2.75) is 11.8 Å². The number of carboxylic acids is 1. The minimum absolute atomic E-state index is 0. The Kier molecular flexibility index (Phi) is 7.52. The molecule has 0 aliphatic heterocycles. The number of hydrogen-bond donors (Lipinski definition) is 1. The maximum absolute atomic E-state index is 12.2. The van der Waals surface area contributed by atoms with Crippen LogP contribution in [0.3, 0.4) is 0 Å². The fraction of sp³-hybridized carbons (Fsp3) is 0.0556. The molecule has 0 aliphatic carbocycles. The van der Waals surface area contributed by atoms with Crippen LogP contribution in [0.2, 0.25) is 5.02 Å². The van der Waals surface area contributed by atoms with Gasteiger partial charge in [0.15, 0.2) is 0 Å². The molecule has 1 N–H and O–H groups in total. The zero-order valence-corrected chi connectivity index (χ0v) is 20.9. The molecule has 11 heteroatoms. The molecule has 0 amide bonds. The van der Waals surface area contributed by atoms with E-state index in [-0.39, 0.29) is 70.7 Å². The molecule has 0 fully saturated rings. The first-order valence-electron chi connectivity index (χ1n) is 7.73. The van der Waals surface area contributed by atoms with Gasteiger partial charge < -0.3 is 15.0 Å². The molecule has 29 heavy (non-hydrogen) atoms. The van der Waals surface area contributed by atoms with E-state index < -0.39 is 32.3 Å². The summed E-state index contributed by atoms with van der Waals surface area (Å²) < 4.78 is 32.6. The van der Waals surface area contributed by atoms with Crippen LogP contribution in [-0.2, 0) is 10.1 Å². The van der Waals surface area contributed by atoms with Crippen LogP contribution >= 0.6 is 11.6 Å². The molecule has 144 valence electrons. The van der Waals surface area contributed by atoms with Crippen molar-refractivity contribution in [3.05, 3.63) is 58.6 Å². The third-order valence-corrected chi connectivity index (χ3v) is 5.27. The molecule has 0 unspecified atom stereocenters. The molecule has 0 aliphatic rings. The molecule has 0 atom stereocenters. The Morgan fingerprint density at radius 2 is 1.66 bits per heavy atom. The van der Waals surface area contributed by atoms with Crippen LogP contribution in [0.5, 0.6) is 5.75 Å². The number of carbonyl (C=O) groups excluding carboxylic acids is 1. The first kappa shape index (κ1) is 23.8. The maximum atomic E-state index is 12.2. The van der Waals surface area contributed by atoms with Gasteiger partial charge in [-0.3, -0.25) is 4.55 Å². The molecular weight excluding hydrogens is 545 g/mol. The molecule has 0 aromatic heterocycles. The number of carboxylic acid groups (broad SMARTS) is 1. The van der Waals surface area contributed by atoms with E-state index >= 15 is 0 Å². The number of nitrogens with zero attached hydrogens (tertiary/aromatic N) is 2. The number of carbonyl (C=O) groups is 1. The van der Waals surface area contributed by atoms with Crippen LogP contribution in [0.25, 0.3) is 10.8 Å². The Labute approximate surface area is 211 Å². The van der Waals surface area contributed by atoms with Crippen LogP contribution in [-0.4, -0.2) is 67.8 Å². The van der Waals surface area contributed by atoms with E-state index in [0.29, 0.717) is 10.9 Å². The standard InChI is InChI=1S/C18H13ClN2O6S.Ba/c1-9-6-16(28(25,26)27)15(8-13(9)19)21-20-14-7-12(18(23)24)17(22)11-5-3-2-4-10(11)14;/h2-8,22H,1H3,(H,23,24)(H,25,26,27);/q;+2/p-2. The van der Waals surface area contributed by atoms with Crippen LogP contribution in [0, 0.1) is 6.92 Å². The molecule has 8 nitrogen and oxygen atoms in total. The van der Waals surface area contributed by atoms with Gasteiger partial charge in [0, 0.05) is 10.4 Å². The second-order valence-electron chi connectivity index (χ2n) is 5.85. The van der Waals surface area contributed by atoms with Gasteiger partial charge in [-0.15, -0.1) is 10.2 Å². The normalized spacial score (nSPS) is 11.6. The third kappa shape index (κ3) is 5.01. The zero-order valence-electron chi connectivity index (χ0n) is 14.9. The molecular formula is C18H11BaClN2O6S. The van der Waals surface area contributed by atoms with E-state index in [4.69, 9.17) is 11.6 Å². The maximum Gasteiger partial charge on any atom is 2.00 e. The Morgan fingerprint density at radius 1 is 1.07 bits per heavy atom. The fourth-order valence-corrected chi connectivity index (χ4v) is 3.45. The van der Waals surface area contributed by atoms with E-state index in [1.807, 2.05) is 0 Å². The summed E-state index contributed by atoms with van der Waals surface area (Å²) in [7, 11) is -4.61. The van der Waals surface area contributed by atoms with Gasteiger partial charge in [-0.2, -0.15) is 8.42 Å². The predicted octanol–water partition coefficient (Wildman–Crippen LogP) is 2.52. The number of hydrogen-bond acceptors (Lipinski definition) is 7. The molecule has 0 radical (unpaired) electrons. The van der Waals surface area contributed by atoms with Gasteiger partial charge in [-0.05, 0) is 41.6 Å². The fourth-order valence-electron chi connectivity index (χ4n) is 2.60. The van der Waals surface area contributed by atoms with Crippen molar-refractivity contribution in [2.24, 2.45) is 10.2 Å². The Balaban J connectivity index is 0.00000300. The van der Waals surface area contributed by atoms with Crippen molar-refractivity contribution in [2.75, 3.05) is 0 Å². The summed E-state index contributed by atoms with van der Waals surface area (Å²) in [4.78, 5) is 10.7. The van der Waals surface area contributed by atoms with E-state index in [1.165, 1.54) is 18.2 Å².